The molecule has 0 spiro atoms. The maximum absolute atomic E-state index is 11.6. The van der Waals surface area contributed by atoms with Gasteiger partial charge in [-0.15, -0.1) is 0 Å². The first-order chi connectivity index (χ1) is 7.97. The predicted octanol–water partition coefficient (Wildman–Crippen LogP) is 0.317. The van der Waals surface area contributed by atoms with E-state index in [9.17, 15) is 4.79 Å². The molecule has 1 amide bonds. The number of hydrogen-bond acceptors (Lipinski definition) is 4. The van der Waals surface area contributed by atoms with Crippen molar-refractivity contribution in [3.63, 3.8) is 0 Å². The lowest BCUT2D eigenvalue weighted by Gasteiger charge is -2.09. The summed E-state index contributed by atoms with van der Waals surface area (Å²) in [6.07, 6.45) is 1.47. The molecule has 0 aromatic heterocycles. The number of carbonyl (C=O) groups is 1. The van der Waals surface area contributed by atoms with Crippen LogP contribution in [-0.4, -0.2) is 44.5 Å². The summed E-state index contributed by atoms with van der Waals surface area (Å²) >= 11 is 0. The minimum Gasteiger partial charge on any atom is -0.388 e. The van der Waals surface area contributed by atoms with Gasteiger partial charge in [-0.25, -0.2) is 0 Å². The number of nitrogens with zero attached hydrogens (tertiary/aromatic N) is 2. The summed E-state index contributed by atoms with van der Waals surface area (Å²) in [7, 11) is 3.93. The van der Waals surface area contributed by atoms with Gasteiger partial charge in [-0.1, -0.05) is 13.8 Å². The first-order valence-corrected chi connectivity index (χ1v) is 5.74. The Morgan fingerprint density at radius 3 is 2.59 bits per heavy atom. The number of likely N-dealkylation sites (N-methyl/N-ethyl adjacent to an activating group) is 1. The third kappa shape index (κ3) is 8.29. The standard InChI is InChI=1S/C12H22N4O/c1-10(2)8-15-12(17)11(7-13)9-14-5-6-16(3)4/h9-10,14H,5-6,8H2,1-4H3,(H,15,17)/b11-9-. The van der Waals surface area contributed by atoms with Crippen LogP contribution in [0.25, 0.3) is 0 Å². The molecule has 2 N–H and O–H groups in total. The topological polar surface area (TPSA) is 68.2 Å². The number of rotatable bonds is 7. The molecule has 0 saturated carbocycles. The molecular formula is C12H22N4O. The van der Waals surface area contributed by atoms with E-state index in [2.05, 4.69) is 10.6 Å². The molecule has 0 radical (unpaired) electrons. The van der Waals surface area contributed by atoms with Gasteiger partial charge < -0.3 is 15.5 Å². The Morgan fingerprint density at radius 2 is 2.12 bits per heavy atom. The maximum atomic E-state index is 11.6. The Balaban J connectivity index is 4.08. The van der Waals surface area contributed by atoms with Crippen molar-refractivity contribution in [1.29, 1.82) is 5.26 Å². The van der Waals surface area contributed by atoms with E-state index in [0.29, 0.717) is 19.0 Å². The molecule has 5 heteroatoms. The van der Waals surface area contributed by atoms with Crippen LogP contribution in [0.5, 0.6) is 0 Å². The summed E-state index contributed by atoms with van der Waals surface area (Å²) in [6.45, 7) is 6.14. The molecule has 0 fully saturated rings. The second-order valence-electron chi connectivity index (χ2n) is 4.53. The van der Waals surface area contributed by atoms with E-state index < -0.39 is 0 Å². The van der Waals surface area contributed by atoms with Crippen LogP contribution < -0.4 is 10.6 Å². The van der Waals surface area contributed by atoms with E-state index in [0.717, 1.165) is 6.54 Å². The number of nitrogens with one attached hydrogen (secondary N) is 2. The van der Waals surface area contributed by atoms with Crippen molar-refractivity contribution < 1.29 is 4.79 Å². The van der Waals surface area contributed by atoms with E-state index in [1.807, 2.05) is 38.9 Å². The van der Waals surface area contributed by atoms with Crippen LogP contribution in [0.3, 0.4) is 0 Å². The van der Waals surface area contributed by atoms with Gasteiger partial charge in [0.05, 0.1) is 0 Å². The highest BCUT2D eigenvalue weighted by Gasteiger charge is 2.08. The molecule has 96 valence electrons. The molecule has 0 aromatic carbocycles. The van der Waals surface area contributed by atoms with Gasteiger partial charge in [0.15, 0.2) is 0 Å². The molecular weight excluding hydrogens is 216 g/mol. The Bertz CT molecular complexity index is 302. The van der Waals surface area contributed by atoms with E-state index >= 15 is 0 Å². The van der Waals surface area contributed by atoms with Crippen molar-refractivity contribution in [2.24, 2.45) is 5.92 Å². The second kappa shape index (κ2) is 8.59. The van der Waals surface area contributed by atoms with Crippen molar-refractivity contribution in [2.45, 2.75) is 13.8 Å². The van der Waals surface area contributed by atoms with Crippen LogP contribution in [0.15, 0.2) is 11.8 Å². The lowest BCUT2D eigenvalue weighted by Crippen LogP contribution is -2.30. The van der Waals surface area contributed by atoms with Crippen LogP contribution in [0, 0.1) is 17.2 Å². The molecule has 0 aliphatic rings. The molecule has 0 atom stereocenters. The zero-order valence-corrected chi connectivity index (χ0v) is 11.1. The molecule has 0 heterocycles. The highest BCUT2D eigenvalue weighted by atomic mass is 16.1. The molecule has 17 heavy (non-hydrogen) atoms. The average Bonchev–Trinajstić information content (AvgIpc) is 2.25. The van der Waals surface area contributed by atoms with Gasteiger partial charge >= 0.3 is 0 Å². The van der Waals surface area contributed by atoms with Crippen LogP contribution in [0.2, 0.25) is 0 Å². The minimum absolute atomic E-state index is 0.115. The number of carbonyl (C=O) groups excluding carboxylic acids is 1. The highest BCUT2D eigenvalue weighted by molar-refractivity contribution is 5.97. The molecule has 0 bridgehead atoms. The van der Waals surface area contributed by atoms with Gasteiger partial charge in [0.1, 0.15) is 11.6 Å². The molecule has 5 nitrogen and oxygen atoms in total. The van der Waals surface area contributed by atoms with Gasteiger partial charge in [0.2, 0.25) is 0 Å². The van der Waals surface area contributed by atoms with E-state index in [1.54, 1.807) is 0 Å². The van der Waals surface area contributed by atoms with Crippen molar-refractivity contribution in [3.8, 4) is 6.07 Å². The van der Waals surface area contributed by atoms with Gasteiger partial charge in [-0.05, 0) is 20.0 Å². The normalized spacial score (nSPS) is 11.5. The molecule has 0 rings (SSSR count). The first kappa shape index (κ1) is 15.5. The maximum Gasteiger partial charge on any atom is 0.263 e. The van der Waals surface area contributed by atoms with Gasteiger partial charge in [0.25, 0.3) is 5.91 Å². The van der Waals surface area contributed by atoms with Crippen molar-refractivity contribution in [2.75, 3.05) is 33.7 Å². The van der Waals surface area contributed by atoms with Crippen LogP contribution in [-0.2, 0) is 4.79 Å². The lowest BCUT2D eigenvalue weighted by molar-refractivity contribution is -0.117. The number of nitriles is 1. The Kier molecular flexibility index (Phi) is 7.82. The third-order valence-corrected chi connectivity index (χ3v) is 1.99. The quantitative estimate of drug-likeness (QED) is 0.381. The fraction of sp³-hybridized carbons (Fsp3) is 0.667. The largest absolute Gasteiger partial charge is 0.388 e. The van der Waals surface area contributed by atoms with E-state index in [1.165, 1.54) is 6.20 Å². The fourth-order valence-electron chi connectivity index (χ4n) is 1.00. The molecule has 0 aromatic rings. The summed E-state index contributed by atoms with van der Waals surface area (Å²) in [4.78, 5) is 13.6. The summed E-state index contributed by atoms with van der Waals surface area (Å²) in [5.41, 5.74) is 0.115. The zero-order valence-electron chi connectivity index (χ0n) is 11.1. The SMILES string of the molecule is CC(C)CNC(=O)/C(C#N)=C\NCCN(C)C. The van der Waals surface area contributed by atoms with E-state index in [-0.39, 0.29) is 11.5 Å². The molecule has 0 saturated heterocycles. The first-order valence-electron chi connectivity index (χ1n) is 5.74. The Morgan fingerprint density at radius 1 is 1.47 bits per heavy atom. The summed E-state index contributed by atoms with van der Waals surface area (Å²) < 4.78 is 0. The second-order valence-corrected chi connectivity index (χ2v) is 4.53. The van der Waals surface area contributed by atoms with Crippen molar-refractivity contribution in [3.05, 3.63) is 11.8 Å². The Hall–Kier alpha value is -1.54. The molecule has 0 unspecified atom stereocenters. The van der Waals surface area contributed by atoms with Gasteiger partial charge in [-0.2, -0.15) is 5.26 Å². The molecule has 0 aliphatic heterocycles. The minimum atomic E-state index is -0.321. The summed E-state index contributed by atoms with van der Waals surface area (Å²) in [6, 6.07) is 1.89. The van der Waals surface area contributed by atoms with Crippen LogP contribution in [0.1, 0.15) is 13.8 Å². The van der Waals surface area contributed by atoms with E-state index in [4.69, 9.17) is 5.26 Å². The Labute approximate surface area is 103 Å². The number of hydrogen-bond donors (Lipinski definition) is 2. The number of amides is 1. The smallest absolute Gasteiger partial charge is 0.263 e. The summed E-state index contributed by atoms with van der Waals surface area (Å²) in [5, 5.41) is 14.5. The van der Waals surface area contributed by atoms with Gasteiger partial charge in [-0.3, -0.25) is 4.79 Å². The fourth-order valence-corrected chi connectivity index (χ4v) is 1.00. The summed E-state index contributed by atoms with van der Waals surface area (Å²) in [5.74, 6) is 0.0548. The average molecular weight is 238 g/mol. The zero-order chi connectivity index (χ0) is 13.3. The van der Waals surface area contributed by atoms with Crippen molar-refractivity contribution >= 4 is 5.91 Å². The van der Waals surface area contributed by atoms with Gasteiger partial charge in [0, 0.05) is 25.8 Å². The highest BCUT2D eigenvalue weighted by Crippen LogP contribution is 1.93. The van der Waals surface area contributed by atoms with Crippen LogP contribution in [0.4, 0.5) is 0 Å². The monoisotopic (exact) mass is 238 g/mol. The lowest BCUT2D eigenvalue weighted by atomic mass is 10.2. The third-order valence-electron chi connectivity index (χ3n) is 1.99. The van der Waals surface area contributed by atoms with Crippen LogP contribution >= 0.6 is 0 Å². The molecule has 0 aliphatic carbocycles. The van der Waals surface area contributed by atoms with Crippen molar-refractivity contribution in [1.82, 2.24) is 15.5 Å². The predicted molar refractivity (Wildman–Crippen MR) is 68.1 cm³/mol.